The van der Waals surface area contributed by atoms with Gasteiger partial charge in [-0.3, -0.25) is 0 Å². The Kier molecular flexibility index (Phi) is 1230. The normalized spacial score (nSPS) is 0. The Bertz CT molecular complexity index is 6.00. The van der Waals surface area contributed by atoms with E-state index in [9.17, 15) is 0 Å². The second-order valence-corrected chi connectivity index (χ2v) is 0. The van der Waals surface area contributed by atoms with Gasteiger partial charge in [-0.1, -0.05) is 0 Å². The summed E-state index contributed by atoms with van der Waals surface area (Å²) in [4.78, 5) is 0. The summed E-state index contributed by atoms with van der Waals surface area (Å²) in [6.07, 6.45) is 0. The zero-order valence-electron chi connectivity index (χ0n) is 2.38. The van der Waals surface area contributed by atoms with Crippen LogP contribution in [-0.4, -0.2) is 11.0 Å². The van der Waals surface area contributed by atoms with Gasteiger partial charge in [-0.2, -0.15) is 0 Å². The van der Waals surface area contributed by atoms with E-state index in [-0.39, 0.29) is 42.2 Å². The first-order chi connectivity index (χ1) is 0. The van der Waals surface area contributed by atoms with Crippen LogP contribution in [0.1, 0.15) is 0 Å². The Labute approximate surface area is 42.8 Å². The third kappa shape index (κ3) is 14.1. The molecular weight excluding hydrogens is 74.4 g/mol. The minimum absolute atomic E-state index is 0. The quantitative estimate of drug-likeness (QED) is 0.259. The minimum atomic E-state index is 0. The van der Waals surface area contributed by atoms with E-state index in [4.69, 9.17) is 0 Å². The molecule has 0 heterocycles. The van der Waals surface area contributed by atoms with Gasteiger partial charge in [-0.25, -0.2) is 0 Å². The molecule has 0 atom stereocenters. The molecule has 2 nitrogen and oxygen atoms in total. The first-order valence-electron chi connectivity index (χ1n) is 0. The van der Waals surface area contributed by atoms with E-state index in [2.05, 4.69) is 0 Å². The van der Waals surface area contributed by atoms with Gasteiger partial charge < -0.3 is 23.4 Å². The van der Waals surface area contributed by atoms with Crippen molar-refractivity contribution < 1.29 is 42.2 Å². The predicted molar refractivity (Wildman–Crippen MR) is 7.23 cm³/mol. The van der Waals surface area contributed by atoms with Crippen LogP contribution in [0.5, 0.6) is 0 Å². The van der Waals surface area contributed by atoms with E-state index >= 15 is 0 Å². The summed E-state index contributed by atoms with van der Waals surface area (Å²) in [5, 5.41) is 0. The number of hydrogen-bond donors (Lipinski definition) is 0. The van der Waals surface area contributed by atoms with Crippen LogP contribution in [0.15, 0.2) is 0 Å². The molecule has 0 aliphatic heterocycles. The second kappa shape index (κ2) is 46.0. The molecule has 0 aliphatic rings. The molecule has 0 radical (unpaired) electrons. The van der Waals surface area contributed by atoms with E-state index in [0.717, 1.165) is 0 Å². The van der Waals surface area contributed by atoms with Crippen molar-refractivity contribution in [1.82, 2.24) is 0 Å². The smallest absolute Gasteiger partial charge is 1.00 e. The molecule has 0 aromatic heterocycles. The van der Waals surface area contributed by atoms with Gasteiger partial charge in [0.1, 0.15) is 0 Å². The van der Waals surface area contributed by atoms with Crippen molar-refractivity contribution in [2.75, 3.05) is 0 Å². The van der Waals surface area contributed by atoms with E-state index in [1.54, 1.807) is 0 Å². The molecule has 24 valence electrons. The van der Waals surface area contributed by atoms with Crippen molar-refractivity contribution in [2.24, 2.45) is 0 Å². The van der Waals surface area contributed by atoms with Crippen molar-refractivity contribution in [3.05, 3.63) is 0 Å². The molecule has 0 unspecified atom stereocenters. The van der Waals surface area contributed by atoms with Gasteiger partial charge in [0.2, 0.25) is 0 Å². The van der Waals surface area contributed by atoms with Gasteiger partial charge in [-0.05, 0) is 0 Å². The van der Waals surface area contributed by atoms with E-state index in [0.29, 0.717) is 0 Å². The maximum atomic E-state index is 0. The summed E-state index contributed by atoms with van der Waals surface area (Å²) >= 11 is 0. The van der Waals surface area contributed by atoms with Gasteiger partial charge in [0, 0.05) is 0 Å². The molecule has 0 spiro atoms. The molecule has 0 rings (SSSR count). The monoisotopic (exact) mass is 78.0 g/mol. The van der Waals surface area contributed by atoms with Gasteiger partial charge in [0.15, 0.2) is 0 Å². The summed E-state index contributed by atoms with van der Waals surface area (Å²) in [7, 11) is 0. The molecule has 0 amide bonds. The maximum Gasteiger partial charge on any atom is 1.00 e. The first-order valence-corrected chi connectivity index (χ1v) is 0. The predicted octanol–water partition coefficient (Wildman–Crippen LogP) is -7.64. The molecule has 0 aromatic carbocycles. The van der Waals surface area contributed by atoms with Crippen molar-refractivity contribution in [2.45, 2.75) is 0 Å². The molecule has 0 aromatic rings. The van der Waals surface area contributed by atoms with Crippen LogP contribution >= 0.6 is 0 Å². The molecule has 4 N–H and O–H groups in total. The molecule has 4 heteroatoms. The third-order valence-electron chi connectivity index (χ3n) is 0. The van der Waals surface area contributed by atoms with Gasteiger partial charge in [0.25, 0.3) is 0 Å². The summed E-state index contributed by atoms with van der Waals surface area (Å²) in [6.45, 7) is 0. The van der Waals surface area contributed by atoms with E-state index in [1.165, 1.54) is 0 Å². The number of rotatable bonds is 0. The molecule has 0 saturated heterocycles. The summed E-state index contributed by atoms with van der Waals surface area (Å²) in [5.41, 5.74) is 0. The Balaban J connectivity index is 0. The fourth-order valence-electron chi connectivity index (χ4n) is 0. The summed E-state index contributed by atoms with van der Waals surface area (Å²) < 4.78 is 0. The Morgan fingerprint density at radius 1 is 0.750 bits per heavy atom. The summed E-state index contributed by atoms with van der Waals surface area (Å²) in [6, 6.07) is 0. The largest absolute Gasteiger partial charge is 1.00 e. The van der Waals surface area contributed by atoms with E-state index < -0.39 is 0 Å². The number of hydrogen-bond acceptors (Lipinski definition) is 0. The zero-order valence-corrected chi connectivity index (χ0v) is 3.13. The number of halogens is 1. The average molecular weight is 78.4 g/mol. The first kappa shape index (κ1) is 107. The van der Waals surface area contributed by atoms with Gasteiger partial charge >= 0.3 is 18.9 Å². The molecule has 0 saturated carbocycles. The second-order valence-electron chi connectivity index (χ2n) is 0. The van der Waals surface area contributed by atoms with Crippen molar-refractivity contribution >= 4 is 0 Å². The Morgan fingerprint density at radius 3 is 0.750 bits per heavy atom. The minimum Gasteiger partial charge on any atom is -1.00 e. The van der Waals surface area contributed by atoms with Crippen LogP contribution < -0.4 is 31.3 Å². The Hall–Kier alpha value is 0.807. The maximum absolute atomic E-state index is 0. The van der Waals surface area contributed by atoms with Crippen LogP contribution in [0.4, 0.5) is 0 Å². The van der Waals surface area contributed by atoms with Crippen LogP contribution in [-0.2, 0) is 0 Å². The molecule has 0 bridgehead atoms. The van der Waals surface area contributed by atoms with Crippen molar-refractivity contribution in [3.8, 4) is 0 Å². The van der Waals surface area contributed by atoms with Crippen LogP contribution in [0.3, 0.4) is 0 Å². The Morgan fingerprint density at radius 2 is 0.750 bits per heavy atom. The van der Waals surface area contributed by atoms with Crippen LogP contribution in [0, 0.1) is 0 Å². The van der Waals surface area contributed by atoms with Crippen LogP contribution in [0.2, 0.25) is 0 Å². The van der Waals surface area contributed by atoms with Gasteiger partial charge in [0.05, 0.1) is 0 Å². The SMILES string of the molecule is O.O.[Cl-].[Li+]. The summed E-state index contributed by atoms with van der Waals surface area (Å²) in [5.74, 6) is 0. The fraction of sp³-hybridized carbons (Fsp3) is 0. The third-order valence-corrected chi connectivity index (χ3v) is 0. The van der Waals surface area contributed by atoms with Crippen molar-refractivity contribution in [1.29, 1.82) is 0 Å². The molecule has 0 aliphatic carbocycles. The molecule has 4 heavy (non-hydrogen) atoms. The van der Waals surface area contributed by atoms with Crippen molar-refractivity contribution in [3.63, 3.8) is 0 Å². The van der Waals surface area contributed by atoms with Crippen LogP contribution in [0.25, 0.3) is 0 Å². The molecular formula is H4ClLiO2. The topological polar surface area (TPSA) is 63.0 Å². The fourth-order valence-corrected chi connectivity index (χ4v) is 0. The van der Waals surface area contributed by atoms with Gasteiger partial charge in [-0.15, -0.1) is 0 Å². The standard InChI is InChI=1S/ClH.Li.2H2O/h1H;;2*1H2/q;+1;;/p-1. The molecule has 0 fully saturated rings. The zero-order chi connectivity index (χ0) is 0. The van der Waals surface area contributed by atoms with E-state index in [1.807, 2.05) is 0 Å². The average Bonchev–Trinajstić information content (AvgIpc) is 0.